The van der Waals surface area contributed by atoms with E-state index in [4.69, 9.17) is 0 Å². The van der Waals surface area contributed by atoms with Crippen LogP contribution in [-0.2, 0) is 14.6 Å². The first-order chi connectivity index (χ1) is 6.32. The van der Waals surface area contributed by atoms with Crippen LogP contribution in [0.4, 0.5) is 0 Å². The van der Waals surface area contributed by atoms with E-state index in [9.17, 15) is 18.3 Å². The number of nitrogens with one attached hydrogen (secondary N) is 1. The molecule has 5 nitrogen and oxygen atoms in total. The van der Waals surface area contributed by atoms with Crippen molar-refractivity contribution < 1.29 is 18.3 Å². The maximum atomic E-state index is 11.2. The molecule has 1 saturated heterocycles. The monoisotopic (exact) mass is 221 g/mol. The minimum Gasteiger partial charge on any atom is -0.390 e. The molecule has 1 fully saturated rings. The van der Waals surface area contributed by atoms with Gasteiger partial charge in [-0.2, -0.15) is 0 Å². The van der Waals surface area contributed by atoms with E-state index in [2.05, 4.69) is 5.32 Å². The van der Waals surface area contributed by atoms with Crippen molar-refractivity contribution in [2.75, 3.05) is 11.5 Å². The van der Waals surface area contributed by atoms with Crippen LogP contribution in [0.1, 0.15) is 13.8 Å². The minimum absolute atomic E-state index is 0.160. The van der Waals surface area contributed by atoms with Crippen molar-refractivity contribution in [1.29, 1.82) is 0 Å². The van der Waals surface area contributed by atoms with Crippen molar-refractivity contribution in [2.45, 2.75) is 26.0 Å². The number of hydrogen-bond acceptors (Lipinski definition) is 4. The van der Waals surface area contributed by atoms with Crippen LogP contribution in [0.3, 0.4) is 0 Å². The molecule has 1 unspecified atom stereocenters. The standard InChI is InChI=1S/C8H15NO4S/c1-5(2)8(11)9-6-3-14(12,13)4-7(6)10/h5-7,10H,3-4H2,1-2H3,(H,9,11)/t6-,7?/m1/s1. The molecule has 6 heteroatoms. The number of carbonyl (C=O) groups excluding carboxylic acids is 1. The van der Waals surface area contributed by atoms with Gasteiger partial charge in [0, 0.05) is 5.92 Å². The lowest BCUT2D eigenvalue weighted by molar-refractivity contribution is -0.125. The molecule has 2 atom stereocenters. The normalized spacial score (nSPS) is 30.6. The summed E-state index contributed by atoms with van der Waals surface area (Å²) in [5.74, 6) is -0.848. The van der Waals surface area contributed by atoms with Crippen molar-refractivity contribution in [1.82, 2.24) is 5.32 Å². The van der Waals surface area contributed by atoms with Gasteiger partial charge >= 0.3 is 0 Å². The van der Waals surface area contributed by atoms with Gasteiger partial charge in [0.05, 0.1) is 23.7 Å². The molecule has 0 bridgehead atoms. The van der Waals surface area contributed by atoms with Gasteiger partial charge in [-0.3, -0.25) is 4.79 Å². The van der Waals surface area contributed by atoms with Crippen LogP contribution < -0.4 is 5.32 Å². The van der Waals surface area contributed by atoms with Crippen molar-refractivity contribution in [3.05, 3.63) is 0 Å². The molecule has 0 saturated carbocycles. The van der Waals surface area contributed by atoms with Crippen LogP contribution in [0.5, 0.6) is 0 Å². The third-order valence-electron chi connectivity index (χ3n) is 2.17. The number of sulfone groups is 1. The SMILES string of the molecule is CC(C)C(=O)N[C@@H]1CS(=O)(=O)CC1O. The first-order valence-electron chi connectivity index (χ1n) is 4.50. The van der Waals surface area contributed by atoms with Crippen LogP contribution in [0, 0.1) is 5.92 Å². The number of hydrogen-bond donors (Lipinski definition) is 2. The lowest BCUT2D eigenvalue weighted by Crippen LogP contribution is -2.44. The van der Waals surface area contributed by atoms with Gasteiger partial charge in [0.2, 0.25) is 5.91 Å². The zero-order valence-corrected chi connectivity index (χ0v) is 9.04. The van der Waals surface area contributed by atoms with Crippen LogP contribution in [0.25, 0.3) is 0 Å². The van der Waals surface area contributed by atoms with E-state index in [1.165, 1.54) is 0 Å². The molecule has 1 aliphatic heterocycles. The van der Waals surface area contributed by atoms with E-state index >= 15 is 0 Å². The largest absolute Gasteiger partial charge is 0.390 e. The molecule has 2 N–H and O–H groups in total. The number of aliphatic hydroxyl groups is 1. The second-order valence-corrected chi connectivity index (χ2v) is 6.07. The molecule has 1 rings (SSSR count). The molecular weight excluding hydrogens is 206 g/mol. The van der Waals surface area contributed by atoms with Crippen LogP contribution in [0.2, 0.25) is 0 Å². The second kappa shape index (κ2) is 3.86. The van der Waals surface area contributed by atoms with E-state index in [0.29, 0.717) is 0 Å². The molecule has 14 heavy (non-hydrogen) atoms. The fourth-order valence-electron chi connectivity index (χ4n) is 1.32. The van der Waals surface area contributed by atoms with E-state index in [-0.39, 0.29) is 23.3 Å². The zero-order chi connectivity index (χ0) is 10.9. The molecule has 0 radical (unpaired) electrons. The molecule has 0 aromatic rings. The van der Waals surface area contributed by atoms with Crippen molar-refractivity contribution in [3.8, 4) is 0 Å². The first-order valence-corrected chi connectivity index (χ1v) is 6.33. The Balaban J connectivity index is 2.60. The smallest absolute Gasteiger partial charge is 0.222 e. The first kappa shape index (κ1) is 11.5. The second-order valence-electron chi connectivity index (χ2n) is 3.91. The topological polar surface area (TPSA) is 83.5 Å². The average molecular weight is 221 g/mol. The third kappa shape index (κ3) is 2.68. The Morgan fingerprint density at radius 2 is 2.00 bits per heavy atom. The predicted molar refractivity (Wildman–Crippen MR) is 51.4 cm³/mol. The zero-order valence-electron chi connectivity index (χ0n) is 8.23. The van der Waals surface area contributed by atoms with Gasteiger partial charge in [-0.15, -0.1) is 0 Å². The Bertz CT molecular complexity index is 322. The van der Waals surface area contributed by atoms with Gasteiger partial charge in [0.15, 0.2) is 9.84 Å². The van der Waals surface area contributed by atoms with Gasteiger partial charge in [0.25, 0.3) is 0 Å². The lowest BCUT2D eigenvalue weighted by atomic mass is 10.1. The van der Waals surface area contributed by atoms with E-state index in [1.54, 1.807) is 13.8 Å². The fourth-order valence-corrected chi connectivity index (χ4v) is 3.06. The fraction of sp³-hybridized carbons (Fsp3) is 0.875. The summed E-state index contributed by atoms with van der Waals surface area (Å²) in [6, 6.07) is -0.644. The molecule has 1 amide bonds. The third-order valence-corrected chi connectivity index (χ3v) is 3.89. The number of amides is 1. The molecule has 1 heterocycles. The summed E-state index contributed by atoms with van der Waals surface area (Å²) in [5, 5.41) is 11.9. The lowest BCUT2D eigenvalue weighted by Gasteiger charge is -2.16. The summed E-state index contributed by atoms with van der Waals surface area (Å²) in [5.41, 5.74) is 0. The van der Waals surface area contributed by atoms with E-state index in [0.717, 1.165) is 0 Å². The molecular formula is C8H15NO4S. The highest BCUT2D eigenvalue weighted by Gasteiger charge is 2.37. The summed E-state index contributed by atoms with van der Waals surface area (Å²) < 4.78 is 22.2. The molecule has 1 aliphatic rings. The number of aliphatic hydroxyl groups excluding tert-OH is 1. The Morgan fingerprint density at radius 3 is 2.36 bits per heavy atom. The number of rotatable bonds is 2. The predicted octanol–water partition coefficient (Wildman–Crippen LogP) is -1.08. The van der Waals surface area contributed by atoms with Gasteiger partial charge < -0.3 is 10.4 Å². The Kier molecular flexibility index (Phi) is 3.16. The highest BCUT2D eigenvalue weighted by Crippen LogP contribution is 2.12. The van der Waals surface area contributed by atoms with Gasteiger partial charge in [-0.25, -0.2) is 8.42 Å². The Labute approximate surface area is 83.4 Å². The van der Waals surface area contributed by atoms with Crippen LogP contribution >= 0.6 is 0 Å². The highest BCUT2D eigenvalue weighted by molar-refractivity contribution is 7.91. The maximum Gasteiger partial charge on any atom is 0.222 e. The molecule has 0 aromatic carbocycles. The molecule has 0 spiro atoms. The molecule has 0 aliphatic carbocycles. The van der Waals surface area contributed by atoms with Gasteiger partial charge in [0.1, 0.15) is 0 Å². The summed E-state index contributed by atoms with van der Waals surface area (Å²) in [6.07, 6.45) is -0.970. The Morgan fingerprint density at radius 1 is 1.43 bits per heavy atom. The van der Waals surface area contributed by atoms with Crippen LogP contribution in [-0.4, -0.2) is 43.1 Å². The molecule has 82 valence electrons. The average Bonchev–Trinajstić information content (AvgIpc) is 2.24. The highest BCUT2D eigenvalue weighted by atomic mass is 32.2. The maximum absolute atomic E-state index is 11.2. The van der Waals surface area contributed by atoms with E-state index in [1.807, 2.05) is 0 Å². The van der Waals surface area contributed by atoms with Crippen molar-refractivity contribution >= 4 is 15.7 Å². The van der Waals surface area contributed by atoms with E-state index < -0.39 is 22.0 Å². The van der Waals surface area contributed by atoms with Crippen LogP contribution in [0.15, 0.2) is 0 Å². The summed E-state index contributed by atoms with van der Waals surface area (Å²) in [4.78, 5) is 11.2. The van der Waals surface area contributed by atoms with Crippen molar-refractivity contribution in [3.63, 3.8) is 0 Å². The summed E-state index contributed by atoms with van der Waals surface area (Å²) in [6.45, 7) is 3.43. The quantitative estimate of drug-likeness (QED) is 0.621. The summed E-state index contributed by atoms with van der Waals surface area (Å²) in [7, 11) is -3.18. The van der Waals surface area contributed by atoms with Gasteiger partial charge in [-0.1, -0.05) is 13.8 Å². The number of carbonyl (C=O) groups is 1. The van der Waals surface area contributed by atoms with Crippen molar-refractivity contribution in [2.24, 2.45) is 5.92 Å². The molecule has 0 aromatic heterocycles. The van der Waals surface area contributed by atoms with Gasteiger partial charge in [-0.05, 0) is 0 Å². The Hall–Kier alpha value is -0.620. The minimum atomic E-state index is -3.18. The summed E-state index contributed by atoms with van der Waals surface area (Å²) >= 11 is 0.